The Morgan fingerprint density at radius 1 is 0.960 bits per heavy atom. The second kappa shape index (κ2) is 15.3. The maximum Gasteiger partial charge on any atom is 0.308 e. The van der Waals surface area contributed by atoms with E-state index in [9.17, 15) is 24.3 Å². The Balaban J connectivity index is 1.25. The number of benzene rings is 4. The lowest BCUT2D eigenvalue weighted by Crippen LogP contribution is -2.50. The Labute approximate surface area is 286 Å². The van der Waals surface area contributed by atoms with E-state index in [4.69, 9.17) is 9.47 Å². The molecule has 3 amide bonds. The lowest BCUT2D eigenvalue weighted by molar-refractivity contribution is -0.132. The van der Waals surface area contributed by atoms with Crippen molar-refractivity contribution >= 4 is 29.4 Å². The summed E-state index contributed by atoms with van der Waals surface area (Å²) in [6.45, 7) is 1.52. The summed E-state index contributed by atoms with van der Waals surface area (Å²) in [5, 5.41) is 30.6. The zero-order valence-corrected chi connectivity index (χ0v) is 26.9. The van der Waals surface area contributed by atoms with Gasteiger partial charge >= 0.3 is 5.97 Å². The minimum Gasteiger partial charge on any atom is -0.427 e. The number of aliphatic hydroxyl groups excluding tert-OH is 1. The zero-order chi connectivity index (χ0) is 35.0. The summed E-state index contributed by atoms with van der Waals surface area (Å²) in [6.07, 6.45) is -1.62. The fourth-order valence-corrected chi connectivity index (χ4v) is 5.62. The quantitative estimate of drug-likeness (QED) is 0.119. The second-order valence-corrected chi connectivity index (χ2v) is 11.6. The van der Waals surface area contributed by atoms with Crippen molar-refractivity contribution < 1.29 is 33.8 Å². The maximum absolute atomic E-state index is 13.9. The van der Waals surface area contributed by atoms with Crippen molar-refractivity contribution in [2.45, 2.75) is 31.5 Å². The SMILES string of the molecule is CC(=O)Oc1cc(C(=O)N[C@@H](Cc2ccccc2)[C@H](O)C(=O)Nc2cccc(-c3nn[nH]n3)c2)cc(C(=O)N2COC[C@@H]2c2ccccc2)c1. The van der Waals surface area contributed by atoms with E-state index >= 15 is 0 Å². The first-order valence-corrected chi connectivity index (χ1v) is 15.7. The van der Waals surface area contributed by atoms with Crippen LogP contribution < -0.4 is 15.4 Å². The molecule has 50 heavy (non-hydrogen) atoms. The number of hydrogen-bond donors (Lipinski definition) is 4. The lowest BCUT2D eigenvalue weighted by atomic mass is 9.99. The van der Waals surface area contributed by atoms with Crippen LogP contribution in [0.2, 0.25) is 0 Å². The van der Waals surface area contributed by atoms with Crippen molar-refractivity contribution in [3.05, 3.63) is 125 Å². The van der Waals surface area contributed by atoms with Crippen LogP contribution in [0.15, 0.2) is 103 Å². The molecule has 0 bridgehead atoms. The second-order valence-electron chi connectivity index (χ2n) is 11.6. The van der Waals surface area contributed by atoms with Gasteiger partial charge in [0.15, 0.2) is 6.10 Å². The van der Waals surface area contributed by atoms with E-state index in [0.717, 1.165) is 11.1 Å². The highest BCUT2D eigenvalue weighted by molar-refractivity contribution is 6.01. The summed E-state index contributed by atoms with van der Waals surface area (Å²) >= 11 is 0. The van der Waals surface area contributed by atoms with Gasteiger partial charge in [0, 0.05) is 29.3 Å². The fourth-order valence-electron chi connectivity index (χ4n) is 5.62. The zero-order valence-electron chi connectivity index (χ0n) is 26.9. The first-order chi connectivity index (χ1) is 24.2. The molecule has 1 aromatic heterocycles. The third-order valence-electron chi connectivity index (χ3n) is 8.00. The van der Waals surface area contributed by atoms with Gasteiger partial charge in [0.2, 0.25) is 5.82 Å². The fraction of sp³-hybridized carbons (Fsp3) is 0.194. The molecule has 1 aliphatic rings. The van der Waals surface area contributed by atoms with Crippen LogP contribution in [0.1, 0.15) is 44.8 Å². The van der Waals surface area contributed by atoms with E-state index in [0.29, 0.717) is 17.1 Å². The lowest BCUT2D eigenvalue weighted by Gasteiger charge is -2.25. The number of rotatable bonds is 11. The number of H-pyrrole nitrogens is 1. The average molecular weight is 676 g/mol. The van der Waals surface area contributed by atoms with Gasteiger partial charge in [-0.3, -0.25) is 19.2 Å². The molecule has 4 N–H and O–H groups in total. The Bertz CT molecular complexity index is 1970. The molecule has 0 unspecified atom stereocenters. The van der Waals surface area contributed by atoms with Crippen LogP contribution in [-0.4, -0.2) is 79.8 Å². The van der Waals surface area contributed by atoms with Gasteiger partial charge < -0.3 is 30.1 Å². The molecule has 0 aliphatic carbocycles. The molecule has 1 saturated heterocycles. The molecular formula is C36H33N7O7. The predicted octanol–water partition coefficient (Wildman–Crippen LogP) is 3.30. The number of tetrazole rings is 1. The highest BCUT2D eigenvalue weighted by atomic mass is 16.5. The number of carbonyl (C=O) groups excluding carboxylic acids is 4. The third-order valence-corrected chi connectivity index (χ3v) is 8.00. The van der Waals surface area contributed by atoms with E-state index in [1.165, 1.54) is 30.0 Å². The smallest absolute Gasteiger partial charge is 0.308 e. The van der Waals surface area contributed by atoms with E-state index < -0.39 is 35.8 Å². The van der Waals surface area contributed by atoms with Gasteiger partial charge in [-0.05, 0) is 53.1 Å². The summed E-state index contributed by atoms with van der Waals surface area (Å²) in [5.41, 5.74) is 2.62. The van der Waals surface area contributed by atoms with Crippen molar-refractivity contribution in [2.75, 3.05) is 18.7 Å². The number of aromatic nitrogens is 4. The highest BCUT2D eigenvalue weighted by Gasteiger charge is 2.33. The van der Waals surface area contributed by atoms with Crippen molar-refractivity contribution in [3.8, 4) is 17.1 Å². The molecule has 5 aromatic rings. The molecule has 1 aliphatic heterocycles. The Morgan fingerprint density at radius 2 is 1.70 bits per heavy atom. The summed E-state index contributed by atoms with van der Waals surface area (Å²) in [5.74, 6) is -2.28. The Hall–Kier alpha value is -6.25. The van der Waals surface area contributed by atoms with Crippen LogP contribution in [0.3, 0.4) is 0 Å². The molecule has 6 rings (SSSR count). The number of nitrogens with one attached hydrogen (secondary N) is 3. The Kier molecular flexibility index (Phi) is 10.3. The van der Waals surface area contributed by atoms with Crippen molar-refractivity contribution in [1.82, 2.24) is 30.8 Å². The van der Waals surface area contributed by atoms with Crippen molar-refractivity contribution in [2.24, 2.45) is 0 Å². The molecule has 0 saturated carbocycles. The molecule has 0 spiro atoms. The maximum atomic E-state index is 13.9. The molecular weight excluding hydrogens is 642 g/mol. The number of hydrogen-bond acceptors (Lipinski definition) is 10. The minimum absolute atomic E-state index is 0.0238. The van der Waals surface area contributed by atoms with Crippen LogP contribution in [0.5, 0.6) is 5.75 Å². The summed E-state index contributed by atoms with van der Waals surface area (Å²) in [4.78, 5) is 54.6. The molecule has 0 radical (unpaired) electrons. The standard InChI is InChI=1S/C36H33N7O7/c1-22(44)50-29-18-26(16-27(19-29)36(48)43-21-49-20-31(43)24-11-6-3-7-12-24)34(46)38-30(15-23-9-4-2-5-10-23)32(45)35(47)37-28-14-8-13-25(17-28)33-39-41-42-40-33/h2-14,16-19,30-32,45H,15,20-21H2,1H3,(H,37,47)(H,38,46)(H,39,40,41,42)/t30-,31+,32-/m0/s1. The first-order valence-electron chi connectivity index (χ1n) is 15.7. The summed E-state index contributed by atoms with van der Waals surface area (Å²) in [6, 6.07) is 27.7. The number of anilines is 1. The predicted molar refractivity (Wildman–Crippen MR) is 180 cm³/mol. The van der Waals surface area contributed by atoms with E-state index in [-0.39, 0.29) is 42.7 Å². The van der Waals surface area contributed by atoms with E-state index in [1.54, 1.807) is 48.5 Å². The Morgan fingerprint density at radius 3 is 2.42 bits per heavy atom. The van der Waals surface area contributed by atoms with Crippen LogP contribution in [0.25, 0.3) is 11.4 Å². The topological polar surface area (TPSA) is 189 Å². The van der Waals surface area contributed by atoms with Gasteiger partial charge in [-0.1, -0.05) is 72.8 Å². The normalized spacial score (nSPS) is 15.2. The van der Waals surface area contributed by atoms with E-state index in [2.05, 4.69) is 31.3 Å². The molecule has 2 heterocycles. The number of nitrogens with zero attached hydrogens (tertiary/aromatic N) is 4. The van der Waals surface area contributed by atoms with Gasteiger partial charge in [0.25, 0.3) is 17.7 Å². The van der Waals surface area contributed by atoms with Gasteiger partial charge in [0.05, 0.1) is 18.7 Å². The molecule has 4 aromatic carbocycles. The van der Waals surface area contributed by atoms with Crippen molar-refractivity contribution in [1.29, 1.82) is 0 Å². The third kappa shape index (κ3) is 8.06. The van der Waals surface area contributed by atoms with Crippen LogP contribution in [-0.2, 0) is 20.7 Å². The summed E-state index contributed by atoms with van der Waals surface area (Å²) in [7, 11) is 0. The number of aliphatic hydroxyl groups is 1. The molecule has 254 valence electrons. The average Bonchev–Trinajstić information content (AvgIpc) is 3.85. The van der Waals surface area contributed by atoms with Gasteiger partial charge in [-0.2, -0.15) is 5.21 Å². The van der Waals surface area contributed by atoms with E-state index in [1.807, 2.05) is 36.4 Å². The largest absolute Gasteiger partial charge is 0.427 e. The number of amides is 3. The first kappa shape index (κ1) is 33.6. The number of carbonyl (C=O) groups is 4. The van der Waals surface area contributed by atoms with Crippen LogP contribution in [0, 0.1) is 0 Å². The van der Waals surface area contributed by atoms with Crippen molar-refractivity contribution in [3.63, 3.8) is 0 Å². The van der Waals surface area contributed by atoms with Gasteiger partial charge in [0.1, 0.15) is 12.5 Å². The number of esters is 1. The monoisotopic (exact) mass is 675 g/mol. The molecule has 14 heteroatoms. The molecule has 14 nitrogen and oxygen atoms in total. The highest BCUT2D eigenvalue weighted by Crippen LogP contribution is 2.29. The number of aromatic amines is 1. The minimum atomic E-state index is -1.71. The van der Waals surface area contributed by atoms with Crippen LogP contribution in [0.4, 0.5) is 5.69 Å². The van der Waals surface area contributed by atoms with Crippen LogP contribution >= 0.6 is 0 Å². The molecule has 1 fully saturated rings. The summed E-state index contributed by atoms with van der Waals surface area (Å²) < 4.78 is 10.9. The van der Waals surface area contributed by atoms with Gasteiger partial charge in [-0.25, -0.2) is 0 Å². The number of ether oxygens (including phenoxy) is 2. The molecule has 3 atom stereocenters. The van der Waals surface area contributed by atoms with Gasteiger partial charge in [-0.15, -0.1) is 10.2 Å².